The van der Waals surface area contributed by atoms with Crippen molar-refractivity contribution >= 4 is 12.1 Å². The van der Waals surface area contributed by atoms with E-state index in [2.05, 4.69) is 15.0 Å². The maximum absolute atomic E-state index is 12.6. The highest BCUT2D eigenvalue weighted by Crippen LogP contribution is 2.11. The summed E-state index contributed by atoms with van der Waals surface area (Å²) in [6.45, 7) is 4.78. The molecular weight excluding hydrogens is 442 g/mol. The first-order valence-corrected chi connectivity index (χ1v) is 10.3. The van der Waals surface area contributed by atoms with Crippen molar-refractivity contribution in [2.45, 2.75) is 64.2 Å². The second kappa shape index (κ2) is 14.7. The molecule has 33 heavy (non-hydrogen) atoms. The van der Waals surface area contributed by atoms with Crippen molar-refractivity contribution in [1.29, 1.82) is 0 Å². The molecule has 1 rings (SSSR count). The molecular formula is C20H33N3O10. The van der Waals surface area contributed by atoms with Crippen molar-refractivity contribution in [2.24, 2.45) is 0 Å². The summed E-state index contributed by atoms with van der Waals surface area (Å²) in [7, 11) is 0. The molecule has 0 aromatic heterocycles. The number of hydrogen-bond acceptors (Lipinski definition) is 12. The van der Waals surface area contributed by atoms with E-state index in [1.165, 1.54) is 0 Å². The lowest BCUT2D eigenvalue weighted by Gasteiger charge is -2.23. The number of esters is 1. The van der Waals surface area contributed by atoms with Crippen LogP contribution in [0.4, 0.5) is 4.79 Å². The molecule has 0 aliphatic rings. The Labute approximate surface area is 191 Å². The fraction of sp³-hybridized carbons (Fsp3) is 0.600. The third kappa shape index (κ3) is 14.4. The van der Waals surface area contributed by atoms with E-state index in [0.717, 1.165) is 5.56 Å². The van der Waals surface area contributed by atoms with Gasteiger partial charge in [-0.1, -0.05) is 30.3 Å². The van der Waals surface area contributed by atoms with Crippen molar-refractivity contribution in [2.75, 3.05) is 13.2 Å². The molecule has 1 aromatic rings. The summed E-state index contributed by atoms with van der Waals surface area (Å²) >= 11 is 0. The van der Waals surface area contributed by atoms with E-state index in [0.29, 0.717) is 12.8 Å². The summed E-state index contributed by atoms with van der Waals surface area (Å²) in [6, 6.07) is 8.17. The number of alkyl carbamates (subject to hydrolysis) is 1. The van der Waals surface area contributed by atoms with Crippen LogP contribution < -0.4 is 5.32 Å². The highest BCUT2D eigenvalue weighted by atomic mass is 17.1. The van der Waals surface area contributed by atoms with Gasteiger partial charge in [0.25, 0.3) is 0 Å². The van der Waals surface area contributed by atoms with E-state index < -0.39 is 40.6 Å². The smallest absolute Gasteiger partial charge is 0.408 e. The van der Waals surface area contributed by atoms with Crippen molar-refractivity contribution in [1.82, 2.24) is 16.1 Å². The Balaban J connectivity index is 2.55. The maximum Gasteiger partial charge on any atom is 0.408 e. The second-order valence-electron chi connectivity index (χ2n) is 8.08. The zero-order chi connectivity index (χ0) is 24.9. The van der Waals surface area contributed by atoms with Crippen LogP contribution in [0, 0.1) is 0 Å². The Morgan fingerprint density at radius 2 is 1.70 bits per heavy atom. The lowest BCUT2D eigenvalue weighted by molar-refractivity contribution is -0.527. The summed E-state index contributed by atoms with van der Waals surface area (Å²) in [5.41, 5.74) is 0.102. The molecule has 0 aliphatic heterocycles. The minimum absolute atomic E-state index is 0.0296. The van der Waals surface area contributed by atoms with Gasteiger partial charge in [0.1, 0.15) is 24.4 Å². The number of unbranched alkanes of at least 4 members (excludes halogenated alkanes) is 1. The number of nitrogens with one attached hydrogen (secondary N) is 1. The number of carbonyl (C=O) groups is 2. The number of amides is 1. The monoisotopic (exact) mass is 475 g/mol. The molecule has 5 N–H and O–H groups in total. The number of ether oxygens (including phenoxy) is 2. The topological polar surface area (TPSA) is 170 Å². The molecule has 0 saturated heterocycles. The van der Waals surface area contributed by atoms with Crippen LogP contribution in [0.15, 0.2) is 30.3 Å². The van der Waals surface area contributed by atoms with E-state index in [9.17, 15) is 9.59 Å². The molecule has 2 atom stereocenters. The lowest BCUT2D eigenvalue weighted by Crippen LogP contribution is -2.45. The average Bonchev–Trinajstić information content (AvgIpc) is 2.69. The van der Waals surface area contributed by atoms with Gasteiger partial charge in [0, 0.05) is 6.42 Å². The quantitative estimate of drug-likeness (QED) is 0.151. The molecule has 188 valence electrons. The van der Waals surface area contributed by atoms with E-state index >= 15 is 0 Å². The summed E-state index contributed by atoms with van der Waals surface area (Å²) < 4.78 is 10.5. The fourth-order valence-corrected chi connectivity index (χ4v) is 2.69. The highest BCUT2D eigenvalue weighted by Gasteiger charge is 2.26. The molecule has 0 heterocycles. The first kappa shape index (κ1) is 28.7. The van der Waals surface area contributed by atoms with Crippen LogP contribution >= 0.6 is 0 Å². The van der Waals surface area contributed by atoms with Gasteiger partial charge in [0.15, 0.2) is 0 Å². The first-order chi connectivity index (χ1) is 15.5. The number of hydrogen-bond donors (Lipinski definition) is 5. The molecule has 0 fully saturated rings. The largest absolute Gasteiger partial charge is 0.464 e. The molecule has 0 saturated carbocycles. The predicted octanol–water partition coefficient (Wildman–Crippen LogP) is 2.23. The minimum atomic E-state index is -0.954. The molecule has 2 unspecified atom stereocenters. The van der Waals surface area contributed by atoms with Crippen LogP contribution in [-0.2, 0) is 30.4 Å². The Morgan fingerprint density at radius 1 is 1.03 bits per heavy atom. The number of carbonyl (C=O) groups excluding carboxylic acids is 2. The SMILES string of the molecule is CC(C)(C)OC(=O)NC(Cc1ccccc1)C(=O)OCCCCC(CON(O)O)ON(O)O. The van der Waals surface area contributed by atoms with E-state index in [1.54, 1.807) is 20.8 Å². The van der Waals surface area contributed by atoms with E-state index in [1.807, 2.05) is 30.3 Å². The molecule has 0 radical (unpaired) electrons. The molecule has 1 amide bonds. The van der Waals surface area contributed by atoms with Gasteiger partial charge < -0.3 is 14.8 Å². The summed E-state index contributed by atoms with van der Waals surface area (Å²) in [5, 5.41) is 36.1. The molecule has 0 spiro atoms. The normalized spacial score (nSPS) is 13.6. The van der Waals surface area contributed by atoms with Crippen molar-refractivity contribution < 1.29 is 49.6 Å². The number of benzene rings is 1. The van der Waals surface area contributed by atoms with Gasteiger partial charge in [0.05, 0.1) is 17.4 Å². The highest BCUT2D eigenvalue weighted by molar-refractivity contribution is 5.81. The fourth-order valence-electron chi connectivity index (χ4n) is 2.69. The zero-order valence-corrected chi connectivity index (χ0v) is 18.9. The third-order valence-corrected chi connectivity index (χ3v) is 4.04. The zero-order valence-electron chi connectivity index (χ0n) is 18.9. The van der Waals surface area contributed by atoms with E-state index in [4.69, 9.17) is 30.3 Å². The molecule has 13 nitrogen and oxygen atoms in total. The van der Waals surface area contributed by atoms with Gasteiger partial charge in [-0.25, -0.2) is 19.3 Å². The Kier molecular flexibility index (Phi) is 12.8. The Morgan fingerprint density at radius 3 is 2.27 bits per heavy atom. The number of nitrogens with zero attached hydrogens (tertiary/aromatic N) is 2. The van der Waals surface area contributed by atoms with Gasteiger partial charge >= 0.3 is 12.1 Å². The van der Waals surface area contributed by atoms with Crippen LogP contribution in [0.2, 0.25) is 0 Å². The van der Waals surface area contributed by atoms with E-state index in [-0.39, 0.29) is 26.1 Å². The average molecular weight is 475 g/mol. The third-order valence-electron chi connectivity index (χ3n) is 4.04. The van der Waals surface area contributed by atoms with Gasteiger partial charge in [-0.15, -0.1) is 0 Å². The summed E-state index contributed by atoms with van der Waals surface area (Å²) in [6.07, 6.45) is -0.429. The van der Waals surface area contributed by atoms with Crippen LogP contribution in [0.3, 0.4) is 0 Å². The number of rotatable bonds is 14. The van der Waals surface area contributed by atoms with Crippen LogP contribution in [-0.4, -0.2) is 74.6 Å². The van der Waals surface area contributed by atoms with Crippen molar-refractivity contribution in [3.63, 3.8) is 0 Å². The Hall–Kier alpha value is -2.36. The first-order valence-electron chi connectivity index (χ1n) is 10.3. The van der Waals surface area contributed by atoms with Crippen LogP contribution in [0.1, 0.15) is 45.6 Å². The molecule has 0 bridgehead atoms. The lowest BCUT2D eigenvalue weighted by atomic mass is 10.1. The maximum atomic E-state index is 12.6. The van der Waals surface area contributed by atoms with Crippen molar-refractivity contribution in [3.05, 3.63) is 35.9 Å². The minimum Gasteiger partial charge on any atom is -0.464 e. The van der Waals surface area contributed by atoms with Gasteiger partial charge in [-0.3, -0.25) is 20.8 Å². The van der Waals surface area contributed by atoms with Crippen molar-refractivity contribution in [3.8, 4) is 0 Å². The van der Waals surface area contributed by atoms with Gasteiger partial charge in [-0.05, 0) is 45.6 Å². The molecule has 1 aromatic carbocycles. The predicted molar refractivity (Wildman–Crippen MR) is 110 cm³/mol. The summed E-state index contributed by atoms with van der Waals surface area (Å²) in [5.74, 6) is -0.631. The Bertz CT molecular complexity index is 697. The van der Waals surface area contributed by atoms with Gasteiger partial charge in [-0.2, -0.15) is 0 Å². The molecule has 0 aliphatic carbocycles. The summed E-state index contributed by atoms with van der Waals surface area (Å²) in [4.78, 5) is 33.8. The second-order valence-corrected chi connectivity index (χ2v) is 8.08. The van der Waals surface area contributed by atoms with Crippen LogP contribution in [0.25, 0.3) is 0 Å². The van der Waals surface area contributed by atoms with Gasteiger partial charge in [0.2, 0.25) is 0 Å². The molecule has 13 heteroatoms. The van der Waals surface area contributed by atoms with Crippen LogP contribution in [0.5, 0.6) is 0 Å². The standard InChI is InChI=1S/C20H33N3O10/c1-20(2,3)32-19(25)21-17(13-15-9-5-4-6-10-15)18(24)30-12-8-7-11-16(33-23(28)29)14-31-22(26)27/h4-6,9-10,16-17,26-29H,7-8,11-14H2,1-3H3,(H,21,25).